The van der Waals surface area contributed by atoms with Gasteiger partial charge in [0.1, 0.15) is 10.6 Å². The smallest absolute Gasteiger partial charge is 0.248 e. The first kappa shape index (κ1) is 22.0. The molecule has 1 fully saturated rings. The van der Waals surface area contributed by atoms with Gasteiger partial charge >= 0.3 is 0 Å². The van der Waals surface area contributed by atoms with Crippen molar-refractivity contribution >= 4 is 31.9 Å². The second-order valence-corrected chi connectivity index (χ2v) is 10.2. The van der Waals surface area contributed by atoms with E-state index in [2.05, 4.69) is 26.4 Å². The fourth-order valence-electron chi connectivity index (χ4n) is 3.75. The molecule has 1 aromatic heterocycles. The topological polar surface area (TPSA) is 92.5 Å². The van der Waals surface area contributed by atoms with E-state index in [4.69, 9.17) is 4.52 Å². The highest BCUT2D eigenvalue weighted by Crippen LogP contribution is 2.28. The number of benzene rings is 1. The molecule has 9 heteroatoms. The summed E-state index contributed by atoms with van der Waals surface area (Å²) < 4.78 is 33.6. The molecule has 0 spiro atoms. The third-order valence-electron chi connectivity index (χ3n) is 5.32. The Balaban J connectivity index is 1.73. The zero-order chi connectivity index (χ0) is 21.2. The molecule has 3 rings (SSSR count). The van der Waals surface area contributed by atoms with Crippen molar-refractivity contribution in [2.75, 3.05) is 13.1 Å². The van der Waals surface area contributed by atoms with E-state index in [1.54, 1.807) is 13.8 Å². The number of aromatic nitrogens is 1. The number of nitrogens with zero attached hydrogens (tertiary/aromatic N) is 2. The Morgan fingerprint density at radius 1 is 1.34 bits per heavy atom. The third-order valence-corrected chi connectivity index (χ3v) is 7.96. The fourth-order valence-corrected chi connectivity index (χ4v) is 5.83. The van der Waals surface area contributed by atoms with Crippen molar-refractivity contribution in [2.45, 2.75) is 51.0 Å². The summed E-state index contributed by atoms with van der Waals surface area (Å²) in [5.74, 6) is -0.225. The molecule has 0 bridgehead atoms. The summed E-state index contributed by atoms with van der Waals surface area (Å²) in [6.07, 6.45) is 2.05. The number of carbonyl (C=O) groups excluding carboxylic acids is 1. The van der Waals surface area contributed by atoms with Gasteiger partial charge in [-0.3, -0.25) is 4.79 Å². The fraction of sp³-hybridized carbons (Fsp3) is 0.500. The predicted octanol–water partition coefficient (Wildman–Crippen LogP) is 3.72. The molecule has 2 heterocycles. The summed E-state index contributed by atoms with van der Waals surface area (Å²) in [6, 6.07) is 7.75. The Bertz CT molecular complexity index is 953. The summed E-state index contributed by atoms with van der Waals surface area (Å²) >= 11 is 3.42. The molecule has 2 atom stereocenters. The lowest BCUT2D eigenvalue weighted by atomic mass is 9.97. The summed E-state index contributed by atoms with van der Waals surface area (Å²) in [6.45, 7) is 5.77. The molecule has 158 valence electrons. The minimum absolute atomic E-state index is 0.106. The molecule has 1 aromatic carbocycles. The van der Waals surface area contributed by atoms with Crippen LogP contribution in [0, 0.1) is 19.8 Å². The van der Waals surface area contributed by atoms with E-state index >= 15 is 0 Å². The van der Waals surface area contributed by atoms with Gasteiger partial charge in [-0.25, -0.2) is 8.42 Å². The molecule has 0 aliphatic carbocycles. The molecule has 2 unspecified atom stereocenters. The number of aryl methyl sites for hydroxylation is 2. The molecule has 0 saturated carbocycles. The van der Waals surface area contributed by atoms with Gasteiger partial charge < -0.3 is 9.84 Å². The molecule has 1 aliphatic rings. The summed E-state index contributed by atoms with van der Waals surface area (Å²) in [5, 5.41) is 6.85. The highest BCUT2D eigenvalue weighted by Gasteiger charge is 2.36. The lowest BCUT2D eigenvalue weighted by Crippen LogP contribution is -2.46. The highest BCUT2D eigenvalue weighted by molar-refractivity contribution is 9.10. The first-order valence-corrected chi connectivity index (χ1v) is 12.0. The Morgan fingerprint density at radius 3 is 2.62 bits per heavy atom. The third kappa shape index (κ3) is 4.73. The number of nitrogens with one attached hydrogen (secondary N) is 1. The maximum Gasteiger partial charge on any atom is 0.248 e. The van der Waals surface area contributed by atoms with Gasteiger partial charge in [0.25, 0.3) is 0 Å². The Labute approximate surface area is 180 Å². The van der Waals surface area contributed by atoms with Gasteiger partial charge in [0.05, 0.1) is 12.0 Å². The van der Waals surface area contributed by atoms with Crippen LogP contribution in [-0.4, -0.2) is 36.9 Å². The molecule has 1 N–H and O–H groups in total. The molecule has 1 aliphatic heterocycles. The Hall–Kier alpha value is -1.71. The van der Waals surface area contributed by atoms with E-state index in [9.17, 15) is 13.2 Å². The first-order chi connectivity index (χ1) is 13.7. The van der Waals surface area contributed by atoms with Crippen molar-refractivity contribution in [2.24, 2.45) is 5.92 Å². The van der Waals surface area contributed by atoms with E-state index in [1.807, 2.05) is 31.2 Å². The van der Waals surface area contributed by atoms with E-state index in [1.165, 1.54) is 4.31 Å². The molecule has 29 heavy (non-hydrogen) atoms. The number of amides is 1. The lowest BCUT2D eigenvalue weighted by molar-refractivity contribution is -0.126. The number of hydrogen-bond donors (Lipinski definition) is 1. The zero-order valence-corrected chi connectivity index (χ0v) is 19.2. The van der Waals surface area contributed by atoms with Crippen LogP contribution in [0.15, 0.2) is 38.2 Å². The monoisotopic (exact) mass is 483 g/mol. The molecule has 0 radical (unpaired) electrons. The average Bonchev–Trinajstić information content (AvgIpc) is 3.05. The van der Waals surface area contributed by atoms with Crippen LogP contribution in [0.3, 0.4) is 0 Å². The van der Waals surface area contributed by atoms with Crippen molar-refractivity contribution in [1.82, 2.24) is 14.8 Å². The summed E-state index contributed by atoms with van der Waals surface area (Å²) in [4.78, 5) is 13.0. The van der Waals surface area contributed by atoms with Gasteiger partial charge in [-0.2, -0.15) is 4.31 Å². The Kier molecular flexibility index (Phi) is 6.80. The number of rotatable bonds is 6. The number of hydrogen-bond acceptors (Lipinski definition) is 5. The molecule has 1 amide bonds. The minimum Gasteiger partial charge on any atom is -0.360 e. The second-order valence-electron chi connectivity index (χ2n) is 7.38. The van der Waals surface area contributed by atoms with Crippen LogP contribution in [0.1, 0.15) is 49.2 Å². The quantitative estimate of drug-likeness (QED) is 0.675. The van der Waals surface area contributed by atoms with Crippen molar-refractivity contribution in [1.29, 1.82) is 0 Å². The molecular weight excluding hydrogens is 458 g/mol. The van der Waals surface area contributed by atoms with Crippen LogP contribution in [0.2, 0.25) is 0 Å². The number of sulfonamides is 1. The summed E-state index contributed by atoms with van der Waals surface area (Å²) in [5.41, 5.74) is 1.37. The van der Waals surface area contributed by atoms with Crippen molar-refractivity contribution in [3.05, 3.63) is 45.8 Å². The maximum atomic E-state index is 13.1. The van der Waals surface area contributed by atoms with Gasteiger partial charge in [-0.05, 0) is 50.8 Å². The molecule has 2 aromatic rings. The van der Waals surface area contributed by atoms with Crippen LogP contribution in [-0.2, 0) is 14.8 Å². The van der Waals surface area contributed by atoms with E-state index in [-0.39, 0.29) is 35.1 Å². The average molecular weight is 484 g/mol. The highest BCUT2D eigenvalue weighted by atomic mass is 79.9. The zero-order valence-electron chi connectivity index (χ0n) is 16.8. The Morgan fingerprint density at radius 2 is 2.03 bits per heavy atom. The molecule has 7 nitrogen and oxygen atoms in total. The van der Waals surface area contributed by atoms with Gasteiger partial charge in [0, 0.05) is 17.6 Å². The van der Waals surface area contributed by atoms with Crippen molar-refractivity contribution in [3.8, 4) is 0 Å². The SMILES string of the molecule is CCC(NC(=O)C1CCCN(S(=O)(=O)c2c(C)noc2C)C1)c1ccc(Br)cc1. The number of halogens is 1. The standard InChI is InChI=1S/C20H26BrN3O4S/c1-4-18(15-7-9-17(21)10-8-15)22-20(25)16-6-5-11-24(12-16)29(26,27)19-13(2)23-28-14(19)3/h7-10,16,18H,4-6,11-12H2,1-3H3,(H,22,25). The van der Waals surface area contributed by atoms with Crippen molar-refractivity contribution < 1.29 is 17.7 Å². The van der Waals surface area contributed by atoms with Gasteiger partial charge in [0.2, 0.25) is 15.9 Å². The van der Waals surface area contributed by atoms with E-state index in [0.717, 1.165) is 16.5 Å². The van der Waals surface area contributed by atoms with E-state index < -0.39 is 10.0 Å². The minimum atomic E-state index is -3.75. The van der Waals surface area contributed by atoms with Gasteiger partial charge in [-0.1, -0.05) is 40.1 Å². The van der Waals surface area contributed by atoms with Crippen LogP contribution < -0.4 is 5.32 Å². The number of piperidine rings is 1. The second kappa shape index (κ2) is 8.97. The normalized spacial score (nSPS) is 19.1. The maximum absolute atomic E-state index is 13.1. The molecular formula is C20H26BrN3O4S. The summed E-state index contributed by atoms with van der Waals surface area (Å²) in [7, 11) is -3.75. The van der Waals surface area contributed by atoms with Crippen LogP contribution in [0.4, 0.5) is 0 Å². The molecule has 1 saturated heterocycles. The van der Waals surface area contributed by atoms with Gasteiger partial charge in [0.15, 0.2) is 5.76 Å². The predicted molar refractivity (Wildman–Crippen MR) is 113 cm³/mol. The van der Waals surface area contributed by atoms with Gasteiger partial charge in [-0.15, -0.1) is 0 Å². The largest absolute Gasteiger partial charge is 0.360 e. The van der Waals surface area contributed by atoms with Crippen LogP contribution in [0.25, 0.3) is 0 Å². The first-order valence-electron chi connectivity index (χ1n) is 9.73. The lowest BCUT2D eigenvalue weighted by Gasteiger charge is -2.32. The number of carbonyl (C=O) groups is 1. The van der Waals surface area contributed by atoms with E-state index in [0.29, 0.717) is 25.1 Å². The van der Waals surface area contributed by atoms with Crippen LogP contribution in [0.5, 0.6) is 0 Å². The van der Waals surface area contributed by atoms with Crippen molar-refractivity contribution in [3.63, 3.8) is 0 Å². The van der Waals surface area contributed by atoms with Crippen LogP contribution >= 0.6 is 15.9 Å².